The summed E-state index contributed by atoms with van der Waals surface area (Å²) in [5.74, 6) is 0.159. The van der Waals surface area contributed by atoms with Crippen molar-refractivity contribution in [3.63, 3.8) is 0 Å². The summed E-state index contributed by atoms with van der Waals surface area (Å²) in [4.78, 5) is 16.5. The Kier molecular flexibility index (Phi) is 6.34. The van der Waals surface area contributed by atoms with E-state index in [4.69, 9.17) is 0 Å². The van der Waals surface area contributed by atoms with E-state index in [1.54, 1.807) is 0 Å². The molecule has 0 unspecified atom stereocenters. The highest BCUT2D eigenvalue weighted by Crippen LogP contribution is 2.40. The molecule has 0 fully saturated rings. The number of carbonyl (C=O) groups is 1. The van der Waals surface area contributed by atoms with Crippen LogP contribution in [0.15, 0.2) is 78.9 Å². The molecule has 0 radical (unpaired) electrons. The lowest BCUT2D eigenvalue weighted by molar-refractivity contribution is 0.0882. The molecular weight excluding hydrogens is 354 g/mol. The van der Waals surface area contributed by atoms with Gasteiger partial charge in [0.1, 0.15) is 0 Å². The van der Waals surface area contributed by atoms with Crippen molar-refractivity contribution >= 4 is 5.78 Å². The van der Waals surface area contributed by atoms with E-state index in [2.05, 4.69) is 70.1 Å². The van der Waals surface area contributed by atoms with E-state index in [1.165, 1.54) is 5.56 Å². The fraction of sp³-hybridized carbons (Fsp3) is 0.296. The van der Waals surface area contributed by atoms with Gasteiger partial charge in [-0.25, -0.2) is 0 Å². The molecule has 3 aromatic carbocycles. The zero-order chi connectivity index (χ0) is 21.0. The summed E-state index contributed by atoms with van der Waals surface area (Å²) in [5, 5.41) is 0. The van der Waals surface area contributed by atoms with Gasteiger partial charge in [0.2, 0.25) is 0 Å². The first-order valence-corrected chi connectivity index (χ1v) is 10.3. The van der Waals surface area contributed by atoms with Crippen molar-refractivity contribution in [1.82, 2.24) is 4.90 Å². The van der Waals surface area contributed by atoms with Crippen molar-refractivity contribution < 1.29 is 4.79 Å². The molecule has 0 N–H and O–H groups in total. The van der Waals surface area contributed by atoms with Gasteiger partial charge >= 0.3 is 0 Å². The van der Waals surface area contributed by atoms with Crippen LogP contribution in [0.2, 0.25) is 0 Å². The standard InChI is InChI=1S/C27H31NO/c1-20-16-17-23(18-21(20)2)26(29)27(19-22(3)28(4)5,24-12-8-6-9-13-24)25-14-10-7-11-15-25/h6-18,22H,19H2,1-5H3/t22-/m0/s1. The van der Waals surface area contributed by atoms with Gasteiger partial charge in [0.25, 0.3) is 0 Å². The Hall–Kier alpha value is -2.71. The Bertz CT molecular complexity index is 921. The number of nitrogens with zero attached hydrogens (tertiary/aromatic N) is 1. The summed E-state index contributed by atoms with van der Waals surface area (Å²) in [7, 11) is 4.15. The second-order valence-corrected chi connectivity index (χ2v) is 8.28. The first kappa shape index (κ1) is 21.0. The van der Waals surface area contributed by atoms with Crippen molar-refractivity contribution in [3.05, 3.63) is 107 Å². The lowest BCUT2D eigenvalue weighted by atomic mass is 9.66. The molecule has 0 aliphatic heterocycles. The van der Waals surface area contributed by atoms with E-state index in [0.717, 1.165) is 22.3 Å². The number of Topliss-reactive ketones (excluding diaryl/α,β-unsaturated/α-hetero) is 1. The third-order valence-electron chi connectivity index (χ3n) is 6.17. The second-order valence-electron chi connectivity index (χ2n) is 8.28. The minimum absolute atomic E-state index is 0.159. The van der Waals surface area contributed by atoms with Crippen LogP contribution in [0.25, 0.3) is 0 Å². The van der Waals surface area contributed by atoms with Crippen LogP contribution in [0.5, 0.6) is 0 Å². The number of carbonyl (C=O) groups excluding carboxylic acids is 1. The summed E-state index contributed by atoms with van der Waals surface area (Å²) in [6.07, 6.45) is 0.708. The molecule has 150 valence electrons. The molecule has 2 heteroatoms. The van der Waals surface area contributed by atoms with Crippen LogP contribution in [0.3, 0.4) is 0 Å². The molecule has 1 atom stereocenters. The minimum atomic E-state index is -0.742. The largest absolute Gasteiger partial charge is 0.307 e. The first-order valence-electron chi connectivity index (χ1n) is 10.3. The van der Waals surface area contributed by atoms with Gasteiger partial charge in [-0.15, -0.1) is 0 Å². The highest BCUT2D eigenvalue weighted by molar-refractivity contribution is 6.06. The van der Waals surface area contributed by atoms with Crippen LogP contribution in [-0.4, -0.2) is 30.8 Å². The zero-order valence-electron chi connectivity index (χ0n) is 18.1. The van der Waals surface area contributed by atoms with Crippen molar-refractivity contribution in [2.75, 3.05) is 14.1 Å². The van der Waals surface area contributed by atoms with Crippen LogP contribution >= 0.6 is 0 Å². The van der Waals surface area contributed by atoms with Gasteiger partial charge in [0.05, 0.1) is 5.41 Å². The average Bonchev–Trinajstić information content (AvgIpc) is 2.74. The zero-order valence-corrected chi connectivity index (χ0v) is 18.1. The van der Waals surface area contributed by atoms with E-state index >= 15 is 0 Å². The molecule has 0 aliphatic carbocycles. The number of hydrogen-bond donors (Lipinski definition) is 0. The predicted molar refractivity (Wildman–Crippen MR) is 122 cm³/mol. The molecule has 0 saturated carbocycles. The lowest BCUT2D eigenvalue weighted by Crippen LogP contribution is -2.43. The maximum absolute atomic E-state index is 14.3. The molecule has 0 heterocycles. The van der Waals surface area contributed by atoms with Crippen LogP contribution in [0.4, 0.5) is 0 Å². The molecule has 0 spiro atoms. The molecule has 0 aliphatic rings. The van der Waals surface area contributed by atoms with Gasteiger partial charge in [-0.3, -0.25) is 4.79 Å². The summed E-state index contributed by atoms with van der Waals surface area (Å²) in [6.45, 7) is 6.34. The topological polar surface area (TPSA) is 20.3 Å². The van der Waals surface area contributed by atoms with Gasteiger partial charge in [-0.1, -0.05) is 72.8 Å². The first-order chi connectivity index (χ1) is 13.9. The van der Waals surface area contributed by atoms with Gasteiger partial charge in [0, 0.05) is 11.6 Å². The highest BCUT2D eigenvalue weighted by Gasteiger charge is 2.43. The number of aryl methyl sites for hydroxylation is 2. The predicted octanol–water partition coefficient (Wildman–Crippen LogP) is 5.81. The monoisotopic (exact) mass is 385 g/mol. The Labute approximate surface area is 175 Å². The Morgan fingerprint density at radius 3 is 1.79 bits per heavy atom. The van der Waals surface area contributed by atoms with E-state index in [1.807, 2.05) is 48.5 Å². The fourth-order valence-corrected chi connectivity index (χ4v) is 3.96. The van der Waals surface area contributed by atoms with E-state index in [-0.39, 0.29) is 11.8 Å². The smallest absolute Gasteiger partial charge is 0.177 e. The van der Waals surface area contributed by atoms with E-state index in [0.29, 0.717) is 6.42 Å². The quantitative estimate of drug-likeness (QED) is 0.478. The Balaban J connectivity index is 2.28. The summed E-state index contributed by atoms with van der Waals surface area (Å²) in [6, 6.07) is 26.8. The van der Waals surface area contributed by atoms with Crippen molar-refractivity contribution in [2.24, 2.45) is 0 Å². The van der Waals surface area contributed by atoms with Crippen LogP contribution < -0.4 is 0 Å². The molecular formula is C27H31NO. The number of benzene rings is 3. The third-order valence-corrected chi connectivity index (χ3v) is 6.17. The van der Waals surface area contributed by atoms with E-state index < -0.39 is 5.41 Å². The van der Waals surface area contributed by atoms with Crippen LogP contribution in [-0.2, 0) is 5.41 Å². The van der Waals surface area contributed by atoms with Crippen molar-refractivity contribution in [3.8, 4) is 0 Å². The Morgan fingerprint density at radius 2 is 1.34 bits per heavy atom. The van der Waals surface area contributed by atoms with Gasteiger partial charge < -0.3 is 4.90 Å². The fourth-order valence-electron chi connectivity index (χ4n) is 3.96. The van der Waals surface area contributed by atoms with Crippen molar-refractivity contribution in [2.45, 2.75) is 38.6 Å². The molecule has 3 rings (SSSR count). The number of rotatable bonds is 7. The summed E-state index contributed by atoms with van der Waals surface area (Å²) in [5.41, 5.74) is 4.46. The van der Waals surface area contributed by atoms with Gasteiger partial charge in [-0.2, -0.15) is 0 Å². The van der Waals surface area contributed by atoms with Gasteiger partial charge in [-0.05, 0) is 69.6 Å². The van der Waals surface area contributed by atoms with E-state index in [9.17, 15) is 4.79 Å². The van der Waals surface area contributed by atoms with Gasteiger partial charge in [0.15, 0.2) is 5.78 Å². The molecule has 29 heavy (non-hydrogen) atoms. The number of hydrogen-bond acceptors (Lipinski definition) is 2. The third kappa shape index (κ3) is 4.18. The second kappa shape index (κ2) is 8.75. The molecule has 3 aromatic rings. The minimum Gasteiger partial charge on any atom is -0.307 e. The molecule has 2 nitrogen and oxygen atoms in total. The van der Waals surface area contributed by atoms with Crippen LogP contribution in [0.1, 0.15) is 46.0 Å². The lowest BCUT2D eigenvalue weighted by Gasteiger charge is -2.38. The Morgan fingerprint density at radius 1 is 0.828 bits per heavy atom. The molecule has 0 amide bonds. The molecule has 0 bridgehead atoms. The SMILES string of the molecule is Cc1ccc(C(=O)C(C[C@H](C)N(C)C)(c2ccccc2)c2ccccc2)cc1C. The molecule has 0 aromatic heterocycles. The summed E-state index contributed by atoms with van der Waals surface area (Å²) < 4.78 is 0. The maximum atomic E-state index is 14.3. The van der Waals surface area contributed by atoms with Crippen molar-refractivity contribution in [1.29, 1.82) is 0 Å². The highest BCUT2D eigenvalue weighted by atomic mass is 16.1. The summed E-state index contributed by atoms with van der Waals surface area (Å²) >= 11 is 0. The number of ketones is 1. The normalized spacial score (nSPS) is 12.8. The maximum Gasteiger partial charge on any atom is 0.177 e. The molecule has 0 saturated heterocycles. The van der Waals surface area contributed by atoms with Crippen LogP contribution in [0, 0.1) is 13.8 Å². The average molecular weight is 386 g/mol.